The van der Waals surface area contributed by atoms with Gasteiger partial charge in [0.25, 0.3) is 0 Å². The Balaban J connectivity index is 1.57. The van der Waals surface area contributed by atoms with Crippen LogP contribution in [-0.2, 0) is 18.9 Å². The highest BCUT2D eigenvalue weighted by Gasteiger charge is 2.46. The fourth-order valence-electron chi connectivity index (χ4n) is 3.42. The van der Waals surface area contributed by atoms with Gasteiger partial charge in [-0.15, -0.1) is 0 Å². The van der Waals surface area contributed by atoms with Crippen LogP contribution in [0.4, 0.5) is 0 Å². The third-order valence-electron chi connectivity index (χ3n) is 5.47. The van der Waals surface area contributed by atoms with Crippen molar-refractivity contribution in [2.75, 3.05) is 13.2 Å². The molecule has 2 aliphatic rings. The second-order valence-corrected chi connectivity index (χ2v) is 7.81. The van der Waals surface area contributed by atoms with Crippen LogP contribution in [0, 0.1) is 0 Å². The lowest BCUT2D eigenvalue weighted by atomic mass is 9.98. The molecule has 1 aromatic carbocycles. The number of aromatic hydroxyl groups is 1. The first-order chi connectivity index (χ1) is 15.1. The molecule has 1 aromatic rings. The molecular formula is C20H28O12. The van der Waals surface area contributed by atoms with Gasteiger partial charge in [0, 0.05) is 5.56 Å². The van der Waals surface area contributed by atoms with E-state index in [1.807, 2.05) is 0 Å². The number of ether oxygens (including phenoxy) is 4. The quantitative estimate of drug-likeness (QED) is 0.207. The monoisotopic (exact) mass is 460 g/mol. The molecule has 0 bridgehead atoms. The highest BCUT2D eigenvalue weighted by Crippen LogP contribution is 2.26. The SMILES string of the molecule is C[C@@H]1O[C@@H](OC[C@H]2O[C@@H](OCC(=O)c3ccc(O)cc3)[C@H](O)[C@@H](O)[C@@H]2O)[C@H](O)[C@H](O)[C@H]1O. The minimum Gasteiger partial charge on any atom is -0.508 e. The van der Waals surface area contributed by atoms with Crippen LogP contribution in [-0.4, -0.2) is 116 Å². The van der Waals surface area contributed by atoms with E-state index in [1.54, 1.807) is 0 Å². The van der Waals surface area contributed by atoms with E-state index in [1.165, 1.54) is 31.2 Å². The lowest BCUT2D eigenvalue weighted by Crippen LogP contribution is -2.61. The van der Waals surface area contributed by atoms with E-state index in [-0.39, 0.29) is 11.3 Å². The zero-order valence-electron chi connectivity index (χ0n) is 17.2. The van der Waals surface area contributed by atoms with Crippen LogP contribution in [0.2, 0.25) is 0 Å². The van der Waals surface area contributed by atoms with Crippen LogP contribution < -0.4 is 0 Å². The molecule has 0 radical (unpaired) electrons. The third-order valence-corrected chi connectivity index (χ3v) is 5.47. The van der Waals surface area contributed by atoms with Crippen molar-refractivity contribution in [1.29, 1.82) is 0 Å². The maximum Gasteiger partial charge on any atom is 0.188 e. The number of benzene rings is 1. The summed E-state index contributed by atoms with van der Waals surface area (Å²) >= 11 is 0. The molecule has 2 heterocycles. The van der Waals surface area contributed by atoms with E-state index in [4.69, 9.17) is 18.9 Å². The number of aliphatic hydroxyl groups excluding tert-OH is 6. The molecule has 12 nitrogen and oxygen atoms in total. The molecule has 2 aliphatic heterocycles. The molecule has 12 heteroatoms. The van der Waals surface area contributed by atoms with E-state index in [0.717, 1.165) is 0 Å². The number of carbonyl (C=O) groups is 1. The molecular weight excluding hydrogens is 432 g/mol. The highest BCUT2D eigenvalue weighted by molar-refractivity contribution is 5.97. The lowest BCUT2D eigenvalue weighted by Gasteiger charge is -2.42. The summed E-state index contributed by atoms with van der Waals surface area (Å²) in [5, 5.41) is 69.3. The normalized spacial score (nSPS) is 40.2. The Hall–Kier alpha value is -1.71. The predicted molar refractivity (Wildman–Crippen MR) is 103 cm³/mol. The van der Waals surface area contributed by atoms with Crippen molar-refractivity contribution >= 4 is 5.78 Å². The first-order valence-corrected chi connectivity index (χ1v) is 10.0. The maximum absolute atomic E-state index is 12.2. The van der Waals surface area contributed by atoms with Gasteiger partial charge >= 0.3 is 0 Å². The number of aliphatic hydroxyl groups is 6. The van der Waals surface area contributed by atoms with Gasteiger partial charge in [0.05, 0.1) is 12.7 Å². The fourth-order valence-corrected chi connectivity index (χ4v) is 3.42. The van der Waals surface area contributed by atoms with Gasteiger partial charge in [0.1, 0.15) is 55.1 Å². The van der Waals surface area contributed by atoms with Gasteiger partial charge < -0.3 is 54.7 Å². The van der Waals surface area contributed by atoms with E-state index in [9.17, 15) is 40.5 Å². The van der Waals surface area contributed by atoms with E-state index < -0.39 is 80.4 Å². The van der Waals surface area contributed by atoms with Crippen LogP contribution >= 0.6 is 0 Å². The standard InChI is InChI=1S/C20H28O12/c1-8-13(23)15(25)17(27)19(31-8)30-7-12-14(24)16(26)18(28)20(32-12)29-6-11(22)9-2-4-10(21)5-3-9/h2-5,8,12-21,23-28H,6-7H2,1H3/t8-,12+,13-,14+,15+,16-,17+,18+,19+,20+/m0/s1. The van der Waals surface area contributed by atoms with Gasteiger partial charge in [-0.05, 0) is 31.2 Å². The summed E-state index contributed by atoms with van der Waals surface area (Å²) in [6.07, 6.45) is -14.3. The van der Waals surface area contributed by atoms with Crippen LogP contribution in [0.5, 0.6) is 5.75 Å². The highest BCUT2D eigenvalue weighted by atomic mass is 16.7. The Labute approximate surface area is 183 Å². The van der Waals surface area contributed by atoms with Crippen LogP contribution in [0.1, 0.15) is 17.3 Å². The molecule has 32 heavy (non-hydrogen) atoms. The zero-order valence-corrected chi connectivity index (χ0v) is 17.2. The average Bonchev–Trinajstić information content (AvgIpc) is 2.78. The average molecular weight is 460 g/mol. The number of carbonyl (C=O) groups excluding carboxylic acids is 1. The third kappa shape index (κ3) is 5.43. The molecule has 0 saturated carbocycles. The number of hydrogen-bond donors (Lipinski definition) is 7. The first-order valence-electron chi connectivity index (χ1n) is 10.0. The number of phenols is 1. The fraction of sp³-hybridized carbons (Fsp3) is 0.650. The summed E-state index contributed by atoms with van der Waals surface area (Å²) < 4.78 is 21.4. The van der Waals surface area contributed by atoms with Gasteiger partial charge in [0.2, 0.25) is 0 Å². The summed E-state index contributed by atoms with van der Waals surface area (Å²) in [6, 6.07) is 5.42. The molecule has 0 amide bonds. The number of ketones is 1. The molecule has 2 saturated heterocycles. The van der Waals surface area contributed by atoms with Gasteiger partial charge in [-0.1, -0.05) is 0 Å². The number of hydrogen-bond acceptors (Lipinski definition) is 12. The Kier molecular flexibility index (Phi) is 8.16. The summed E-state index contributed by atoms with van der Waals surface area (Å²) in [7, 11) is 0. The minimum atomic E-state index is -1.69. The number of rotatable bonds is 7. The van der Waals surface area contributed by atoms with Gasteiger partial charge in [0.15, 0.2) is 18.4 Å². The molecule has 2 fully saturated rings. The number of phenolic OH excluding ortho intramolecular Hbond substituents is 1. The van der Waals surface area contributed by atoms with Crippen LogP contribution in [0.15, 0.2) is 24.3 Å². The van der Waals surface area contributed by atoms with Crippen molar-refractivity contribution in [3.63, 3.8) is 0 Å². The summed E-state index contributed by atoms with van der Waals surface area (Å²) in [4.78, 5) is 12.2. The van der Waals surface area contributed by atoms with E-state index >= 15 is 0 Å². The first kappa shape index (κ1) is 24.9. The Morgan fingerprint density at radius 3 is 2.00 bits per heavy atom. The largest absolute Gasteiger partial charge is 0.508 e. The predicted octanol–water partition coefficient (Wildman–Crippen LogP) is -2.76. The zero-order chi connectivity index (χ0) is 23.6. The Morgan fingerprint density at radius 1 is 0.812 bits per heavy atom. The van der Waals surface area contributed by atoms with E-state index in [0.29, 0.717) is 0 Å². The van der Waals surface area contributed by atoms with Gasteiger partial charge in [-0.2, -0.15) is 0 Å². The molecule has 0 spiro atoms. The smallest absolute Gasteiger partial charge is 0.188 e. The van der Waals surface area contributed by atoms with Gasteiger partial charge in [-0.3, -0.25) is 4.79 Å². The summed E-state index contributed by atoms with van der Waals surface area (Å²) in [5.41, 5.74) is 0.242. The van der Waals surface area contributed by atoms with Crippen LogP contribution in [0.3, 0.4) is 0 Å². The summed E-state index contributed by atoms with van der Waals surface area (Å²) in [6.45, 7) is 0.514. The Morgan fingerprint density at radius 2 is 1.38 bits per heavy atom. The van der Waals surface area contributed by atoms with Crippen molar-refractivity contribution < 1.29 is 59.5 Å². The number of Topliss-reactive ketones (excluding diaryl/α,β-unsaturated/α-hetero) is 1. The minimum absolute atomic E-state index is 0.0167. The molecule has 180 valence electrons. The topological polar surface area (TPSA) is 196 Å². The van der Waals surface area contributed by atoms with Crippen molar-refractivity contribution in [2.45, 2.75) is 68.3 Å². The van der Waals surface area contributed by atoms with Crippen molar-refractivity contribution in [2.24, 2.45) is 0 Å². The second-order valence-electron chi connectivity index (χ2n) is 7.81. The van der Waals surface area contributed by atoms with Crippen molar-refractivity contribution in [3.8, 4) is 5.75 Å². The van der Waals surface area contributed by atoms with Crippen molar-refractivity contribution in [3.05, 3.63) is 29.8 Å². The van der Waals surface area contributed by atoms with Gasteiger partial charge in [-0.25, -0.2) is 0 Å². The lowest BCUT2D eigenvalue weighted by molar-refractivity contribution is -0.326. The molecule has 3 rings (SSSR count). The second kappa shape index (κ2) is 10.5. The molecule has 0 aromatic heterocycles. The van der Waals surface area contributed by atoms with Crippen LogP contribution in [0.25, 0.3) is 0 Å². The summed E-state index contributed by atoms with van der Waals surface area (Å²) in [5.74, 6) is -0.494. The molecule has 0 unspecified atom stereocenters. The molecule has 0 aliphatic carbocycles. The van der Waals surface area contributed by atoms with E-state index in [2.05, 4.69) is 0 Å². The Bertz CT molecular complexity index is 757. The maximum atomic E-state index is 12.2. The van der Waals surface area contributed by atoms with Crippen molar-refractivity contribution in [1.82, 2.24) is 0 Å². The molecule has 7 N–H and O–H groups in total. The molecule has 10 atom stereocenters.